The number of nitrogens with one attached hydrogen (secondary N) is 1. The summed E-state index contributed by atoms with van der Waals surface area (Å²) in [7, 11) is 0. The van der Waals surface area contributed by atoms with Gasteiger partial charge in [-0.25, -0.2) is 0 Å². The van der Waals surface area contributed by atoms with Crippen LogP contribution in [0.5, 0.6) is 0 Å². The maximum absolute atomic E-state index is 3.60. The van der Waals surface area contributed by atoms with Crippen LogP contribution in [0.3, 0.4) is 0 Å². The van der Waals surface area contributed by atoms with E-state index in [1.54, 1.807) is 0 Å². The summed E-state index contributed by atoms with van der Waals surface area (Å²) in [5.74, 6) is 0. The van der Waals surface area contributed by atoms with Crippen molar-refractivity contribution in [3.63, 3.8) is 0 Å². The Hall–Kier alpha value is -0.120. The molecule has 0 aromatic rings. The topological polar surface area (TPSA) is 18.5 Å². The van der Waals surface area contributed by atoms with Gasteiger partial charge in [-0.2, -0.15) is 0 Å². The van der Waals surface area contributed by atoms with E-state index < -0.39 is 0 Å². The highest BCUT2D eigenvalue weighted by Gasteiger charge is 2.10. The molecule has 0 aromatic heterocycles. The standard InChI is InChI=1S/C15H31N3/c1-3-10-17(11-4-1)14-7-8-16-9-15-18-12-5-2-6-13-18/h16H,1-15H2. The van der Waals surface area contributed by atoms with Crippen molar-refractivity contribution in [2.45, 2.75) is 44.9 Å². The molecule has 0 aromatic carbocycles. The molecule has 2 heterocycles. The molecule has 2 saturated heterocycles. The second-order valence-corrected chi connectivity index (χ2v) is 5.91. The summed E-state index contributed by atoms with van der Waals surface area (Å²) in [5.41, 5.74) is 0. The molecule has 3 nitrogen and oxygen atoms in total. The van der Waals surface area contributed by atoms with E-state index in [-0.39, 0.29) is 0 Å². The van der Waals surface area contributed by atoms with Crippen molar-refractivity contribution in [3.05, 3.63) is 0 Å². The van der Waals surface area contributed by atoms with Gasteiger partial charge in [0.2, 0.25) is 0 Å². The van der Waals surface area contributed by atoms with E-state index in [2.05, 4.69) is 15.1 Å². The highest BCUT2D eigenvalue weighted by molar-refractivity contribution is 4.67. The maximum Gasteiger partial charge on any atom is 0.0107 e. The second kappa shape index (κ2) is 8.89. The first-order valence-electron chi connectivity index (χ1n) is 8.10. The monoisotopic (exact) mass is 253 g/mol. The largest absolute Gasteiger partial charge is 0.315 e. The molecular weight excluding hydrogens is 222 g/mol. The Morgan fingerprint density at radius 2 is 1.17 bits per heavy atom. The third kappa shape index (κ3) is 5.68. The summed E-state index contributed by atoms with van der Waals surface area (Å²) in [6, 6.07) is 0. The third-order valence-corrected chi connectivity index (χ3v) is 4.33. The van der Waals surface area contributed by atoms with Crippen molar-refractivity contribution in [2.24, 2.45) is 0 Å². The molecule has 0 radical (unpaired) electrons. The number of rotatable bonds is 7. The van der Waals surface area contributed by atoms with Gasteiger partial charge in [0, 0.05) is 13.1 Å². The van der Waals surface area contributed by atoms with Gasteiger partial charge in [-0.05, 0) is 71.4 Å². The van der Waals surface area contributed by atoms with E-state index in [1.165, 1.54) is 97.3 Å². The van der Waals surface area contributed by atoms with Crippen molar-refractivity contribution in [3.8, 4) is 0 Å². The predicted octanol–water partition coefficient (Wildman–Crippen LogP) is 1.94. The van der Waals surface area contributed by atoms with E-state index in [0.717, 1.165) is 0 Å². The summed E-state index contributed by atoms with van der Waals surface area (Å²) in [6.45, 7) is 10.3. The molecule has 18 heavy (non-hydrogen) atoms. The Kier molecular flexibility index (Phi) is 7.06. The van der Waals surface area contributed by atoms with Gasteiger partial charge in [0.15, 0.2) is 0 Å². The Labute approximate surface area is 113 Å². The van der Waals surface area contributed by atoms with Crippen LogP contribution in [0.4, 0.5) is 0 Å². The van der Waals surface area contributed by atoms with Crippen LogP contribution < -0.4 is 5.32 Å². The van der Waals surface area contributed by atoms with Gasteiger partial charge in [-0.15, -0.1) is 0 Å². The molecule has 2 fully saturated rings. The molecule has 1 N–H and O–H groups in total. The lowest BCUT2D eigenvalue weighted by Crippen LogP contribution is -2.37. The first kappa shape index (κ1) is 14.3. The summed E-state index contributed by atoms with van der Waals surface area (Å²) in [5, 5.41) is 3.60. The van der Waals surface area contributed by atoms with E-state index >= 15 is 0 Å². The van der Waals surface area contributed by atoms with Crippen LogP contribution in [0.2, 0.25) is 0 Å². The minimum Gasteiger partial charge on any atom is -0.315 e. The molecule has 0 atom stereocenters. The van der Waals surface area contributed by atoms with Crippen LogP contribution in [0, 0.1) is 0 Å². The molecule has 0 aliphatic carbocycles. The van der Waals surface area contributed by atoms with Gasteiger partial charge < -0.3 is 15.1 Å². The van der Waals surface area contributed by atoms with Crippen LogP contribution in [-0.4, -0.2) is 62.2 Å². The number of piperidine rings is 2. The highest BCUT2D eigenvalue weighted by Crippen LogP contribution is 2.08. The molecule has 106 valence electrons. The number of nitrogens with zero attached hydrogens (tertiary/aromatic N) is 2. The van der Waals surface area contributed by atoms with E-state index in [0.29, 0.717) is 0 Å². The summed E-state index contributed by atoms with van der Waals surface area (Å²) in [4.78, 5) is 5.25. The molecule has 0 saturated carbocycles. The van der Waals surface area contributed by atoms with Crippen LogP contribution in [-0.2, 0) is 0 Å². The van der Waals surface area contributed by atoms with Crippen LogP contribution in [0.1, 0.15) is 44.9 Å². The van der Waals surface area contributed by atoms with E-state index in [9.17, 15) is 0 Å². The van der Waals surface area contributed by atoms with Crippen molar-refractivity contribution in [1.82, 2.24) is 15.1 Å². The van der Waals surface area contributed by atoms with Crippen molar-refractivity contribution >= 4 is 0 Å². The zero-order valence-electron chi connectivity index (χ0n) is 12.0. The van der Waals surface area contributed by atoms with Gasteiger partial charge in [0.25, 0.3) is 0 Å². The minimum absolute atomic E-state index is 1.18. The van der Waals surface area contributed by atoms with Crippen molar-refractivity contribution < 1.29 is 0 Å². The number of hydrogen-bond acceptors (Lipinski definition) is 3. The predicted molar refractivity (Wildman–Crippen MR) is 78.1 cm³/mol. The summed E-state index contributed by atoms with van der Waals surface area (Å²) < 4.78 is 0. The quantitative estimate of drug-likeness (QED) is 0.700. The van der Waals surface area contributed by atoms with Crippen LogP contribution in [0.25, 0.3) is 0 Å². The van der Waals surface area contributed by atoms with E-state index in [1.807, 2.05) is 0 Å². The normalized spacial score (nSPS) is 23.3. The first-order valence-corrected chi connectivity index (χ1v) is 8.10. The fourth-order valence-electron chi connectivity index (χ4n) is 3.16. The molecular formula is C15H31N3. The van der Waals surface area contributed by atoms with Crippen molar-refractivity contribution in [1.29, 1.82) is 0 Å². The number of hydrogen-bond donors (Lipinski definition) is 1. The zero-order chi connectivity index (χ0) is 12.5. The summed E-state index contributed by atoms with van der Waals surface area (Å²) >= 11 is 0. The minimum atomic E-state index is 1.18. The Morgan fingerprint density at radius 1 is 0.611 bits per heavy atom. The Bertz CT molecular complexity index is 174. The van der Waals surface area contributed by atoms with Crippen molar-refractivity contribution in [2.75, 3.05) is 52.4 Å². The Balaban J connectivity index is 1.39. The molecule has 0 bridgehead atoms. The van der Waals surface area contributed by atoms with Crippen LogP contribution >= 0.6 is 0 Å². The molecule has 2 aliphatic rings. The fourth-order valence-corrected chi connectivity index (χ4v) is 3.16. The van der Waals surface area contributed by atoms with Gasteiger partial charge in [0.1, 0.15) is 0 Å². The molecule has 0 amide bonds. The number of likely N-dealkylation sites (tertiary alicyclic amines) is 2. The molecule has 2 rings (SSSR count). The van der Waals surface area contributed by atoms with Crippen LogP contribution in [0.15, 0.2) is 0 Å². The zero-order valence-corrected chi connectivity index (χ0v) is 12.0. The van der Waals surface area contributed by atoms with Gasteiger partial charge in [-0.1, -0.05) is 12.8 Å². The SMILES string of the molecule is C1CCN(CCCNCCN2CCCCC2)CC1. The van der Waals surface area contributed by atoms with E-state index in [4.69, 9.17) is 0 Å². The fraction of sp³-hybridized carbons (Fsp3) is 1.00. The first-order chi connectivity index (χ1) is 8.95. The summed E-state index contributed by atoms with van der Waals surface area (Å²) in [6.07, 6.45) is 9.87. The lowest BCUT2D eigenvalue weighted by Gasteiger charge is -2.27. The Morgan fingerprint density at radius 3 is 1.78 bits per heavy atom. The average molecular weight is 253 g/mol. The molecule has 0 spiro atoms. The lowest BCUT2D eigenvalue weighted by molar-refractivity contribution is 0.219. The maximum atomic E-state index is 3.60. The second-order valence-electron chi connectivity index (χ2n) is 5.91. The average Bonchev–Trinajstić information content (AvgIpc) is 2.45. The third-order valence-electron chi connectivity index (χ3n) is 4.33. The van der Waals surface area contributed by atoms with Gasteiger partial charge in [0.05, 0.1) is 0 Å². The smallest absolute Gasteiger partial charge is 0.0107 e. The molecule has 3 heteroatoms. The molecule has 0 unspecified atom stereocenters. The van der Waals surface area contributed by atoms with Gasteiger partial charge in [-0.3, -0.25) is 0 Å². The lowest BCUT2D eigenvalue weighted by atomic mass is 10.1. The highest BCUT2D eigenvalue weighted by atomic mass is 15.1. The van der Waals surface area contributed by atoms with Gasteiger partial charge >= 0.3 is 0 Å². The molecule has 2 aliphatic heterocycles.